The molecule has 5 amide bonds. The van der Waals surface area contributed by atoms with E-state index in [1.807, 2.05) is 0 Å². The molecule has 1 aromatic rings. The van der Waals surface area contributed by atoms with Gasteiger partial charge in [0.25, 0.3) is 0 Å². The van der Waals surface area contributed by atoms with E-state index in [0.717, 1.165) is 4.90 Å². The van der Waals surface area contributed by atoms with Crippen LogP contribution in [0.5, 0.6) is 0 Å². The lowest BCUT2D eigenvalue weighted by Crippen LogP contribution is -2.60. The molecule has 2 saturated heterocycles. The van der Waals surface area contributed by atoms with Crippen LogP contribution in [0.1, 0.15) is 44.7 Å². The predicted molar refractivity (Wildman–Crippen MR) is 137 cm³/mol. The van der Waals surface area contributed by atoms with E-state index in [4.69, 9.17) is 11.6 Å². The van der Waals surface area contributed by atoms with Crippen molar-refractivity contribution in [3.8, 4) is 0 Å². The van der Waals surface area contributed by atoms with Gasteiger partial charge in [0.15, 0.2) is 0 Å². The molecular weight excluding hydrogens is 518 g/mol. The fourth-order valence-corrected chi connectivity index (χ4v) is 4.87. The van der Waals surface area contributed by atoms with E-state index in [9.17, 15) is 34.2 Å². The summed E-state index contributed by atoms with van der Waals surface area (Å²) in [5.41, 5.74) is 0.603. The fourth-order valence-electron chi connectivity index (χ4n) is 4.58. The van der Waals surface area contributed by atoms with Gasteiger partial charge in [0.2, 0.25) is 29.5 Å². The largest absolute Gasteiger partial charge is 0.394 e. The molecule has 6 N–H and O–H groups in total. The Morgan fingerprint density at radius 3 is 2.08 bits per heavy atom. The molecule has 38 heavy (non-hydrogen) atoms. The Hall–Kier alpha value is -3.22. The highest BCUT2D eigenvalue weighted by Crippen LogP contribution is 2.25. The van der Waals surface area contributed by atoms with Crippen molar-refractivity contribution in [1.82, 2.24) is 26.2 Å². The molecular formula is C25H34ClN5O7. The van der Waals surface area contributed by atoms with Gasteiger partial charge in [-0.15, -0.1) is 11.6 Å². The number of rotatable bonds is 4. The maximum Gasteiger partial charge on any atom is 0.246 e. The molecule has 2 heterocycles. The molecule has 7 atom stereocenters. The zero-order valence-corrected chi connectivity index (χ0v) is 22.0. The third-order valence-electron chi connectivity index (χ3n) is 6.76. The van der Waals surface area contributed by atoms with Crippen LogP contribution in [0.3, 0.4) is 0 Å². The van der Waals surface area contributed by atoms with Crippen molar-refractivity contribution in [2.24, 2.45) is 0 Å². The van der Waals surface area contributed by atoms with Crippen LogP contribution in [-0.2, 0) is 24.0 Å². The van der Waals surface area contributed by atoms with Crippen LogP contribution in [0.2, 0.25) is 0 Å². The number of hydrogen-bond donors (Lipinski definition) is 6. The summed E-state index contributed by atoms with van der Waals surface area (Å²) >= 11 is 6.21. The van der Waals surface area contributed by atoms with Crippen molar-refractivity contribution in [2.75, 3.05) is 13.2 Å². The third kappa shape index (κ3) is 6.61. The highest BCUT2D eigenvalue weighted by atomic mass is 35.5. The van der Waals surface area contributed by atoms with Gasteiger partial charge in [0.1, 0.15) is 30.3 Å². The van der Waals surface area contributed by atoms with E-state index >= 15 is 0 Å². The first-order valence-electron chi connectivity index (χ1n) is 12.6. The molecule has 0 radical (unpaired) electrons. The standard InChI is InChI=1S/C25H34ClN5O7/c1-3-15-22(35)30-18(12-32)23(36)29-17(13-8-6-5-7-9-13)10-19(33)27-16(4-2)25(38)31-11-14(26)21(34)20(31)24(37)28-15/h5-9,14-18,20-21,32,34H,3-4,10-12H2,1-2H3,(H,27,33)(H,28,37)(H,29,36)(H,30,35)/t14-,15+,16+,17-,18+,20+,21-/m1/s1. The molecule has 2 fully saturated rings. The maximum absolute atomic E-state index is 13.4. The summed E-state index contributed by atoms with van der Waals surface area (Å²) in [6, 6.07) is 2.94. The van der Waals surface area contributed by atoms with Crippen LogP contribution in [0.4, 0.5) is 0 Å². The van der Waals surface area contributed by atoms with Crippen LogP contribution in [0.15, 0.2) is 30.3 Å². The van der Waals surface area contributed by atoms with E-state index in [1.165, 1.54) is 0 Å². The molecule has 12 nitrogen and oxygen atoms in total. The molecule has 3 rings (SSSR count). The van der Waals surface area contributed by atoms with Crippen molar-refractivity contribution in [3.63, 3.8) is 0 Å². The first kappa shape index (κ1) is 29.3. The Bertz CT molecular complexity index is 1040. The number of hydrogen-bond acceptors (Lipinski definition) is 7. The molecule has 0 aliphatic carbocycles. The van der Waals surface area contributed by atoms with Gasteiger partial charge < -0.3 is 36.4 Å². The van der Waals surface area contributed by atoms with E-state index in [0.29, 0.717) is 5.56 Å². The van der Waals surface area contributed by atoms with Gasteiger partial charge in [-0.25, -0.2) is 0 Å². The second-order valence-corrected chi connectivity index (χ2v) is 9.92. The lowest BCUT2D eigenvalue weighted by Gasteiger charge is -2.31. The summed E-state index contributed by atoms with van der Waals surface area (Å²) in [6.45, 7) is 2.44. The number of halogens is 1. The number of aliphatic hydroxyl groups is 2. The molecule has 2 aliphatic heterocycles. The summed E-state index contributed by atoms with van der Waals surface area (Å²) < 4.78 is 0. The molecule has 0 aromatic heterocycles. The molecule has 208 valence electrons. The first-order chi connectivity index (χ1) is 18.1. The predicted octanol–water partition coefficient (Wildman–Crippen LogP) is -1.31. The van der Waals surface area contributed by atoms with Gasteiger partial charge in [-0.05, 0) is 18.4 Å². The fraction of sp³-hybridized carbons (Fsp3) is 0.560. The molecule has 13 heteroatoms. The lowest BCUT2D eigenvalue weighted by molar-refractivity contribution is -0.144. The molecule has 0 bridgehead atoms. The Morgan fingerprint density at radius 1 is 0.868 bits per heavy atom. The number of carbonyl (C=O) groups is 5. The molecule has 0 unspecified atom stereocenters. The number of nitrogens with zero attached hydrogens (tertiary/aromatic N) is 1. The SMILES string of the molecule is CC[C@@H]1NC(=O)[C@@H]2[C@H](O)[C@H](Cl)CN2C(=O)[C@H](CC)NC(=O)C[C@H](c2ccccc2)NC(=O)[C@H](CO)NC1=O. The summed E-state index contributed by atoms with van der Waals surface area (Å²) in [5.74, 6) is -3.44. The molecule has 0 saturated carbocycles. The topological polar surface area (TPSA) is 177 Å². The zero-order chi connectivity index (χ0) is 28.0. The van der Waals surface area contributed by atoms with Crippen molar-refractivity contribution in [3.05, 3.63) is 35.9 Å². The second-order valence-electron chi connectivity index (χ2n) is 9.36. The van der Waals surface area contributed by atoms with Crippen molar-refractivity contribution >= 4 is 41.1 Å². The smallest absolute Gasteiger partial charge is 0.246 e. The van der Waals surface area contributed by atoms with Crippen LogP contribution < -0.4 is 21.3 Å². The summed E-state index contributed by atoms with van der Waals surface area (Å²) in [6.07, 6.45) is -1.34. The molecule has 0 spiro atoms. The maximum atomic E-state index is 13.4. The van der Waals surface area contributed by atoms with Gasteiger partial charge >= 0.3 is 0 Å². The summed E-state index contributed by atoms with van der Waals surface area (Å²) in [5, 5.41) is 29.8. The average Bonchev–Trinajstić information content (AvgIpc) is 3.21. The number of fused-ring (bicyclic) bond motifs is 1. The van der Waals surface area contributed by atoms with Crippen molar-refractivity contribution < 1.29 is 34.2 Å². The highest BCUT2D eigenvalue weighted by Gasteiger charge is 2.48. The Labute approximate surface area is 225 Å². The number of amides is 5. The summed E-state index contributed by atoms with van der Waals surface area (Å²) in [7, 11) is 0. The van der Waals surface area contributed by atoms with E-state index in [1.54, 1.807) is 44.2 Å². The van der Waals surface area contributed by atoms with Gasteiger partial charge in [-0.2, -0.15) is 0 Å². The lowest BCUT2D eigenvalue weighted by atomic mass is 10.0. The Morgan fingerprint density at radius 2 is 1.47 bits per heavy atom. The number of aliphatic hydroxyl groups excluding tert-OH is 2. The monoisotopic (exact) mass is 551 g/mol. The van der Waals surface area contributed by atoms with E-state index < -0.39 is 77.8 Å². The van der Waals surface area contributed by atoms with E-state index in [2.05, 4.69) is 21.3 Å². The zero-order valence-electron chi connectivity index (χ0n) is 21.2. The van der Waals surface area contributed by atoms with Crippen LogP contribution in [0, 0.1) is 0 Å². The van der Waals surface area contributed by atoms with Gasteiger partial charge in [-0.1, -0.05) is 44.2 Å². The Balaban J connectivity index is 2.00. The quantitative estimate of drug-likeness (QED) is 0.252. The Kier molecular flexibility index (Phi) is 10.1. The van der Waals surface area contributed by atoms with Crippen LogP contribution >= 0.6 is 11.6 Å². The first-order valence-corrected chi connectivity index (χ1v) is 13.0. The van der Waals surface area contributed by atoms with Crippen molar-refractivity contribution in [2.45, 2.75) is 74.8 Å². The van der Waals surface area contributed by atoms with Gasteiger partial charge in [-0.3, -0.25) is 24.0 Å². The third-order valence-corrected chi connectivity index (χ3v) is 7.16. The normalized spacial score (nSPS) is 31.7. The van der Waals surface area contributed by atoms with Crippen LogP contribution in [-0.4, -0.2) is 93.4 Å². The number of carbonyl (C=O) groups excluding carboxylic acids is 5. The minimum absolute atomic E-state index is 0.124. The highest BCUT2D eigenvalue weighted by molar-refractivity contribution is 6.22. The van der Waals surface area contributed by atoms with Crippen molar-refractivity contribution in [1.29, 1.82) is 0 Å². The molecule has 1 aromatic carbocycles. The van der Waals surface area contributed by atoms with Gasteiger partial charge in [0, 0.05) is 6.54 Å². The minimum Gasteiger partial charge on any atom is -0.394 e. The average molecular weight is 552 g/mol. The summed E-state index contributed by atoms with van der Waals surface area (Å²) in [4.78, 5) is 66.7. The van der Waals surface area contributed by atoms with Crippen LogP contribution in [0.25, 0.3) is 0 Å². The number of alkyl halides is 1. The minimum atomic E-state index is -1.41. The second kappa shape index (κ2) is 13.0. The van der Waals surface area contributed by atoms with E-state index in [-0.39, 0.29) is 25.8 Å². The number of benzene rings is 1. The molecule has 2 aliphatic rings. The van der Waals surface area contributed by atoms with Gasteiger partial charge in [0.05, 0.1) is 24.4 Å². The number of nitrogens with one attached hydrogen (secondary N) is 4.